The number of ether oxygens (including phenoxy) is 1. The molecule has 0 bridgehead atoms. The van der Waals surface area contributed by atoms with Crippen molar-refractivity contribution in [1.82, 2.24) is 10.2 Å². The SMILES string of the molecule is O=C1NC(C2CCCC2)N(C(=O)OCc2ccccc2)C1c1ccccc1. The third-order valence-corrected chi connectivity index (χ3v) is 5.49. The summed E-state index contributed by atoms with van der Waals surface area (Å²) in [5.41, 5.74) is 1.74. The molecule has 2 aromatic carbocycles. The predicted octanol–water partition coefficient (Wildman–Crippen LogP) is 4.01. The Kier molecular flexibility index (Phi) is 5.10. The normalized spacial score (nSPS) is 22.7. The maximum absolute atomic E-state index is 13.0. The van der Waals surface area contributed by atoms with Crippen LogP contribution in [0.3, 0.4) is 0 Å². The Morgan fingerprint density at radius 3 is 2.30 bits per heavy atom. The number of hydrogen-bond donors (Lipinski definition) is 1. The topological polar surface area (TPSA) is 58.6 Å². The monoisotopic (exact) mass is 364 g/mol. The lowest BCUT2D eigenvalue weighted by Gasteiger charge is -2.30. The van der Waals surface area contributed by atoms with Gasteiger partial charge in [0.1, 0.15) is 18.8 Å². The first-order valence-electron chi connectivity index (χ1n) is 9.58. The van der Waals surface area contributed by atoms with E-state index >= 15 is 0 Å². The second-order valence-electron chi connectivity index (χ2n) is 7.26. The van der Waals surface area contributed by atoms with Crippen LogP contribution in [0.25, 0.3) is 0 Å². The van der Waals surface area contributed by atoms with Crippen molar-refractivity contribution in [3.8, 4) is 0 Å². The van der Waals surface area contributed by atoms with Crippen molar-refractivity contribution in [2.45, 2.75) is 44.5 Å². The molecule has 5 heteroatoms. The van der Waals surface area contributed by atoms with Crippen molar-refractivity contribution in [3.05, 3.63) is 71.8 Å². The summed E-state index contributed by atoms with van der Waals surface area (Å²) in [5.74, 6) is 0.154. The van der Waals surface area contributed by atoms with Crippen molar-refractivity contribution in [1.29, 1.82) is 0 Å². The fourth-order valence-electron chi connectivity index (χ4n) is 4.16. The van der Waals surface area contributed by atoms with E-state index in [1.165, 1.54) is 0 Å². The Bertz CT molecular complexity index is 788. The summed E-state index contributed by atoms with van der Waals surface area (Å²) in [4.78, 5) is 27.4. The van der Waals surface area contributed by atoms with Gasteiger partial charge in [0.25, 0.3) is 0 Å². The molecule has 2 aromatic rings. The van der Waals surface area contributed by atoms with Gasteiger partial charge in [-0.2, -0.15) is 0 Å². The van der Waals surface area contributed by atoms with Gasteiger partial charge in [0.2, 0.25) is 5.91 Å². The first-order chi connectivity index (χ1) is 13.2. The lowest BCUT2D eigenvalue weighted by atomic mass is 10.0. The Hall–Kier alpha value is -2.82. The molecule has 1 aliphatic heterocycles. The van der Waals surface area contributed by atoms with Gasteiger partial charge in [-0.25, -0.2) is 4.79 Å². The largest absolute Gasteiger partial charge is 0.444 e. The molecule has 0 spiro atoms. The summed E-state index contributed by atoms with van der Waals surface area (Å²) in [5, 5.41) is 3.06. The molecular formula is C22H24N2O3. The average Bonchev–Trinajstić information content (AvgIpc) is 3.35. The van der Waals surface area contributed by atoms with E-state index in [-0.39, 0.29) is 24.6 Å². The van der Waals surface area contributed by atoms with Gasteiger partial charge in [-0.05, 0) is 29.9 Å². The van der Waals surface area contributed by atoms with Gasteiger partial charge in [0.05, 0.1) is 0 Å². The van der Waals surface area contributed by atoms with E-state index in [2.05, 4.69) is 5.32 Å². The standard InChI is InChI=1S/C22H24N2O3/c25-21-19(17-11-5-2-6-12-17)24(20(23-21)18-13-7-8-14-18)22(26)27-15-16-9-3-1-4-10-16/h1-6,9-12,18-20H,7-8,13-15H2,(H,23,25). The van der Waals surface area contributed by atoms with E-state index in [1.807, 2.05) is 60.7 Å². The number of rotatable bonds is 4. The average molecular weight is 364 g/mol. The third kappa shape index (κ3) is 3.68. The zero-order chi connectivity index (χ0) is 18.6. The van der Waals surface area contributed by atoms with Crippen molar-refractivity contribution < 1.29 is 14.3 Å². The van der Waals surface area contributed by atoms with E-state index in [0.717, 1.165) is 36.8 Å². The Morgan fingerprint density at radius 1 is 1.00 bits per heavy atom. The maximum Gasteiger partial charge on any atom is 0.412 e. The molecule has 0 radical (unpaired) electrons. The van der Waals surface area contributed by atoms with Gasteiger partial charge in [-0.1, -0.05) is 73.5 Å². The van der Waals surface area contributed by atoms with Gasteiger partial charge >= 0.3 is 6.09 Å². The molecule has 1 aliphatic carbocycles. The summed E-state index contributed by atoms with van der Waals surface area (Å²) in [6.07, 6.45) is 3.58. The van der Waals surface area contributed by atoms with Crippen LogP contribution in [0.4, 0.5) is 4.79 Å². The molecule has 2 aliphatic rings. The lowest BCUT2D eigenvalue weighted by molar-refractivity contribution is -0.121. The number of nitrogens with one attached hydrogen (secondary N) is 1. The van der Waals surface area contributed by atoms with E-state index in [0.29, 0.717) is 0 Å². The van der Waals surface area contributed by atoms with E-state index in [4.69, 9.17) is 4.74 Å². The Labute approximate surface area is 159 Å². The fraction of sp³-hybridized carbons (Fsp3) is 0.364. The van der Waals surface area contributed by atoms with Crippen LogP contribution in [0.2, 0.25) is 0 Å². The minimum absolute atomic E-state index is 0.130. The minimum atomic E-state index is -0.639. The quantitative estimate of drug-likeness (QED) is 0.892. The number of benzene rings is 2. The maximum atomic E-state index is 13.0. The highest BCUT2D eigenvalue weighted by Crippen LogP contribution is 2.37. The molecule has 2 atom stereocenters. The van der Waals surface area contributed by atoms with Crippen molar-refractivity contribution in [3.63, 3.8) is 0 Å². The van der Waals surface area contributed by atoms with Crippen LogP contribution >= 0.6 is 0 Å². The Morgan fingerprint density at radius 2 is 1.63 bits per heavy atom. The Balaban J connectivity index is 1.58. The highest BCUT2D eigenvalue weighted by Gasteiger charge is 2.47. The van der Waals surface area contributed by atoms with Gasteiger partial charge in [0.15, 0.2) is 0 Å². The zero-order valence-corrected chi connectivity index (χ0v) is 15.2. The number of hydrogen-bond acceptors (Lipinski definition) is 3. The van der Waals surface area contributed by atoms with Crippen LogP contribution in [0.1, 0.15) is 42.9 Å². The molecule has 4 rings (SSSR count). The summed E-state index contributed by atoms with van der Waals surface area (Å²) in [7, 11) is 0. The molecule has 140 valence electrons. The predicted molar refractivity (Wildman–Crippen MR) is 102 cm³/mol. The molecule has 2 fully saturated rings. The second kappa shape index (κ2) is 7.82. The highest BCUT2D eigenvalue weighted by molar-refractivity contribution is 5.90. The molecule has 5 nitrogen and oxygen atoms in total. The van der Waals surface area contributed by atoms with E-state index < -0.39 is 12.1 Å². The van der Waals surface area contributed by atoms with Crippen LogP contribution in [-0.2, 0) is 16.1 Å². The zero-order valence-electron chi connectivity index (χ0n) is 15.2. The van der Waals surface area contributed by atoms with Crippen LogP contribution < -0.4 is 5.32 Å². The van der Waals surface area contributed by atoms with Crippen LogP contribution in [-0.4, -0.2) is 23.1 Å². The van der Waals surface area contributed by atoms with Crippen molar-refractivity contribution >= 4 is 12.0 Å². The number of amides is 2. The van der Waals surface area contributed by atoms with E-state index in [9.17, 15) is 9.59 Å². The molecule has 1 heterocycles. The third-order valence-electron chi connectivity index (χ3n) is 5.49. The van der Waals surface area contributed by atoms with Gasteiger partial charge in [-0.15, -0.1) is 0 Å². The highest BCUT2D eigenvalue weighted by atomic mass is 16.6. The van der Waals surface area contributed by atoms with Crippen molar-refractivity contribution in [2.75, 3.05) is 0 Å². The van der Waals surface area contributed by atoms with Gasteiger partial charge < -0.3 is 10.1 Å². The fourth-order valence-corrected chi connectivity index (χ4v) is 4.16. The van der Waals surface area contributed by atoms with Crippen molar-refractivity contribution in [2.24, 2.45) is 5.92 Å². The molecule has 2 amide bonds. The molecule has 0 aromatic heterocycles. The summed E-state index contributed by atoms with van der Waals surface area (Å²) in [6, 6.07) is 18.4. The van der Waals surface area contributed by atoms with Gasteiger partial charge in [-0.3, -0.25) is 9.69 Å². The van der Waals surface area contributed by atoms with Crippen LogP contribution in [0.15, 0.2) is 60.7 Å². The van der Waals surface area contributed by atoms with Crippen LogP contribution in [0, 0.1) is 5.92 Å². The number of carbonyl (C=O) groups excluding carboxylic acids is 2. The lowest BCUT2D eigenvalue weighted by Crippen LogP contribution is -2.45. The van der Waals surface area contributed by atoms with E-state index in [1.54, 1.807) is 4.90 Å². The van der Waals surface area contributed by atoms with Gasteiger partial charge in [0, 0.05) is 0 Å². The summed E-state index contributed by atoms with van der Waals surface area (Å²) in [6.45, 7) is 0.198. The van der Waals surface area contributed by atoms with Crippen LogP contribution in [0.5, 0.6) is 0 Å². The first-order valence-corrected chi connectivity index (χ1v) is 9.58. The smallest absolute Gasteiger partial charge is 0.412 e. The first kappa shape index (κ1) is 17.6. The molecule has 1 N–H and O–H groups in total. The summed E-state index contributed by atoms with van der Waals surface area (Å²) >= 11 is 0. The molecule has 1 saturated heterocycles. The molecule has 2 unspecified atom stereocenters. The summed E-state index contributed by atoms with van der Waals surface area (Å²) < 4.78 is 5.60. The number of carbonyl (C=O) groups is 2. The molecule has 27 heavy (non-hydrogen) atoms. The molecule has 1 saturated carbocycles. The molecular weight excluding hydrogens is 340 g/mol. The minimum Gasteiger partial charge on any atom is -0.444 e. The number of nitrogens with zero attached hydrogens (tertiary/aromatic N) is 1. The second-order valence-corrected chi connectivity index (χ2v) is 7.26.